The lowest BCUT2D eigenvalue weighted by atomic mass is 10.2. The van der Waals surface area contributed by atoms with Crippen LogP contribution in [0.15, 0.2) is 27.8 Å². The fourth-order valence-corrected chi connectivity index (χ4v) is 2.18. The Morgan fingerprint density at radius 2 is 2.05 bits per heavy atom. The van der Waals surface area contributed by atoms with Crippen LogP contribution in [0.3, 0.4) is 0 Å². The number of nitrogens with zero attached hydrogens (tertiary/aromatic N) is 2. The molecule has 0 aliphatic heterocycles. The Morgan fingerprint density at radius 3 is 2.74 bits per heavy atom. The lowest BCUT2D eigenvalue weighted by Crippen LogP contribution is -2.39. The van der Waals surface area contributed by atoms with Crippen LogP contribution >= 0.6 is 0 Å². The summed E-state index contributed by atoms with van der Waals surface area (Å²) in [5.41, 5.74) is -0.484. The average Bonchev–Trinajstić information content (AvgIpc) is 2.40. The Bertz CT molecular complexity index is 715. The predicted octanol–water partition coefficient (Wildman–Crippen LogP) is 0.0153. The number of para-hydroxylation sites is 1. The highest BCUT2D eigenvalue weighted by Gasteiger charge is 2.12. The van der Waals surface area contributed by atoms with E-state index in [0.29, 0.717) is 18.4 Å². The molecule has 0 amide bonds. The summed E-state index contributed by atoms with van der Waals surface area (Å²) in [7, 11) is 3.37. The van der Waals surface area contributed by atoms with Crippen molar-refractivity contribution >= 4 is 10.9 Å². The topological polar surface area (TPSA) is 76.3 Å². The van der Waals surface area contributed by atoms with Gasteiger partial charge in [0.25, 0.3) is 5.56 Å². The van der Waals surface area contributed by atoms with E-state index in [2.05, 4.69) is 5.32 Å². The number of phenolic OH excluding ortho intramolecular Hbond substituents is 1. The summed E-state index contributed by atoms with van der Waals surface area (Å²) in [6.07, 6.45) is 0.690. The van der Waals surface area contributed by atoms with E-state index in [4.69, 9.17) is 0 Å². The minimum Gasteiger partial charge on any atom is -0.506 e. The van der Waals surface area contributed by atoms with Gasteiger partial charge in [-0.05, 0) is 32.1 Å². The summed E-state index contributed by atoms with van der Waals surface area (Å²) in [4.78, 5) is 24.4. The van der Waals surface area contributed by atoms with Crippen LogP contribution in [0.25, 0.3) is 10.9 Å². The maximum Gasteiger partial charge on any atom is 0.331 e. The molecular formula is C13H17N3O3. The third kappa shape index (κ3) is 2.26. The minimum atomic E-state index is -0.407. The fraction of sp³-hybridized carbons (Fsp3) is 0.385. The Balaban J connectivity index is 2.68. The van der Waals surface area contributed by atoms with E-state index in [1.165, 1.54) is 15.2 Å². The van der Waals surface area contributed by atoms with Gasteiger partial charge in [0.15, 0.2) is 0 Å². The highest BCUT2D eigenvalue weighted by molar-refractivity contribution is 5.83. The van der Waals surface area contributed by atoms with Crippen molar-refractivity contribution in [1.29, 1.82) is 0 Å². The van der Waals surface area contributed by atoms with Crippen LogP contribution in [0, 0.1) is 0 Å². The molecule has 2 N–H and O–H groups in total. The van der Waals surface area contributed by atoms with Crippen LogP contribution in [-0.2, 0) is 13.6 Å². The predicted molar refractivity (Wildman–Crippen MR) is 73.7 cm³/mol. The molecule has 0 saturated heterocycles. The molecule has 0 spiro atoms. The first-order chi connectivity index (χ1) is 9.07. The zero-order valence-electron chi connectivity index (χ0n) is 11.0. The SMILES string of the molecule is CNCCCn1c(=O)c2cccc(O)c2n(C)c1=O. The second kappa shape index (κ2) is 5.27. The van der Waals surface area contributed by atoms with Gasteiger partial charge in [0.05, 0.1) is 10.9 Å². The molecule has 0 fully saturated rings. The summed E-state index contributed by atoms with van der Waals surface area (Å²) in [5.74, 6) is -0.0587. The Hall–Kier alpha value is -2.08. The van der Waals surface area contributed by atoms with Crippen molar-refractivity contribution in [2.24, 2.45) is 7.05 Å². The Kier molecular flexibility index (Phi) is 3.71. The first kappa shape index (κ1) is 13.4. The smallest absolute Gasteiger partial charge is 0.331 e. The van der Waals surface area contributed by atoms with Gasteiger partial charge in [-0.2, -0.15) is 0 Å². The maximum atomic E-state index is 12.3. The number of nitrogens with one attached hydrogen (secondary N) is 1. The summed E-state index contributed by atoms with van der Waals surface area (Å²) in [6.45, 7) is 1.09. The van der Waals surface area contributed by atoms with Gasteiger partial charge in [0.1, 0.15) is 5.75 Å². The van der Waals surface area contributed by atoms with Gasteiger partial charge >= 0.3 is 5.69 Å². The number of aromatic nitrogens is 2. The van der Waals surface area contributed by atoms with E-state index in [1.807, 2.05) is 7.05 Å². The number of benzene rings is 1. The van der Waals surface area contributed by atoms with Crippen molar-refractivity contribution in [3.8, 4) is 5.75 Å². The summed E-state index contributed by atoms with van der Waals surface area (Å²) in [5, 5.41) is 13.1. The van der Waals surface area contributed by atoms with Crippen molar-refractivity contribution in [2.45, 2.75) is 13.0 Å². The van der Waals surface area contributed by atoms with E-state index in [-0.39, 0.29) is 16.8 Å². The molecule has 2 rings (SSSR count). The number of aryl methyl sites for hydroxylation is 1. The van der Waals surface area contributed by atoms with Crippen LogP contribution in [0.4, 0.5) is 0 Å². The molecule has 1 aromatic heterocycles. The largest absolute Gasteiger partial charge is 0.506 e. The molecule has 1 aromatic carbocycles. The zero-order valence-corrected chi connectivity index (χ0v) is 11.0. The standard InChI is InChI=1S/C13H17N3O3/c1-14-7-4-8-16-12(18)9-5-3-6-10(17)11(9)15(2)13(16)19/h3,5-6,14,17H,4,7-8H2,1-2H3. The number of fused-ring (bicyclic) bond motifs is 1. The molecule has 0 saturated carbocycles. The quantitative estimate of drug-likeness (QED) is 0.762. The van der Waals surface area contributed by atoms with Gasteiger partial charge in [-0.3, -0.25) is 13.9 Å². The minimum absolute atomic E-state index is 0.0587. The summed E-state index contributed by atoms with van der Waals surface area (Å²) < 4.78 is 2.52. The number of phenols is 1. The van der Waals surface area contributed by atoms with Crippen molar-refractivity contribution in [3.05, 3.63) is 39.0 Å². The molecule has 0 aliphatic carbocycles. The lowest BCUT2D eigenvalue weighted by molar-refractivity contribution is 0.476. The van der Waals surface area contributed by atoms with E-state index < -0.39 is 5.69 Å². The Labute approximate surface area is 109 Å². The van der Waals surface area contributed by atoms with Gasteiger partial charge in [0, 0.05) is 13.6 Å². The number of hydrogen-bond acceptors (Lipinski definition) is 4. The molecule has 6 nitrogen and oxygen atoms in total. The van der Waals surface area contributed by atoms with Crippen molar-refractivity contribution in [3.63, 3.8) is 0 Å². The van der Waals surface area contributed by atoms with Gasteiger partial charge in [0.2, 0.25) is 0 Å². The number of hydrogen-bond donors (Lipinski definition) is 2. The first-order valence-electron chi connectivity index (χ1n) is 6.14. The molecule has 6 heteroatoms. The van der Waals surface area contributed by atoms with Crippen molar-refractivity contribution in [2.75, 3.05) is 13.6 Å². The molecule has 19 heavy (non-hydrogen) atoms. The van der Waals surface area contributed by atoms with Crippen LogP contribution in [0.1, 0.15) is 6.42 Å². The van der Waals surface area contributed by atoms with Crippen LogP contribution in [-0.4, -0.2) is 27.8 Å². The highest BCUT2D eigenvalue weighted by Crippen LogP contribution is 2.19. The summed E-state index contributed by atoms with van der Waals surface area (Å²) in [6, 6.07) is 4.68. The molecule has 0 aliphatic rings. The molecule has 0 atom stereocenters. The molecule has 0 unspecified atom stereocenters. The molecule has 2 aromatic rings. The van der Waals surface area contributed by atoms with Gasteiger partial charge in [-0.25, -0.2) is 4.79 Å². The molecule has 102 valence electrons. The molecule has 0 bridgehead atoms. The van der Waals surface area contributed by atoms with Gasteiger partial charge < -0.3 is 10.4 Å². The third-order valence-corrected chi connectivity index (χ3v) is 3.15. The average molecular weight is 263 g/mol. The van der Waals surface area contributed by atoms with E-state index in [1.54, 1.807) is 19.2 Å². The highest BCUT2D eigenvalue weighted by atomic mass is 16.3. The van der Waals surface area contributed by atoms with E-state index in [9.17, 15) is 14.7 Å². The number of aromatic hydroxyl groups is 1. The normalized spacial score (nSPS) is 11.1. The second-order valence-corrected chi connectivity index (χ2v) is 4.43. The molecule has 0 radical (unpaired) electrons. The maximum absolute atomic E-state index is 12.3. The lowest BCUT2D eigenvalue weighted by Gasteiger charge is -2.11. The van der Waals surface area contributed by atoms with Crippen LogP contribution < -0.4 is 16.6 Å². The monoisotopic (exact) mass is 263 g/mol. The van der Waals surface area contributed by atoms with E-state index in [0.717, 1.165) is 6.54 Å². The zero-order chi connectivity index (χ0) is 14.0. The van der Waals surface area contributed by atoms with Gasteiger partial charge in [-0.15, -0.1) is 0 Å². The number of rotatable bonds is 4. The first-order valence-corrected chi connectivity index (χ1v) is 6.14. The van der Waals surface area contributed by atoms with Gasteiger partial charge in [-0.1, -0.05) is 6.07 Å². The second-order valence-electron chi connectivity index (χ2n) is 4.43. The third-order valence-electron chi connectivity index (χ3n) is 3.15. The van der Waals surface area contributed by atoms with Crippen molar-refractivity contribution in [1.82, 2.24) is 14.5 Å². The molecular weight excluding hydrogens is 246 g/mol. The fourth-order valence-electron chi connectivity index (χ4n) is 2.18. The van der Waals surface area contributed by atoms with E-state index >= 15 is 0 Å². The van der Waals surface area contributed by atoms with Crippen LogP contribution in [0.2, 0.25) is 0 Å². The Morgan fingerprint density at radius 1 is 1.32 bits per heavy atom. The van der Waals surface area contributed by atoms with Crippen LogP contribution in [0.5, 0.6) is 5.75 Å². The summed E-state index contributed by atoms with van der Waals surface area (Å²) >= 11 is 0. The van der Waals surface area contributed by atoms with Crippen molar-refractivity contribution < 1.29 is 5.11 Å². The molecule has 1 heterocycles.